The fourth-order valence-corrected chi connectivity index (χ4v) is 3.44. The second-order valence-corrected chi connectivity index (χ2v) is 7.20. The number of fused-ring (bicyclic) bond motifs is 1. The number of hydrogen-bond acceptors (Lipinski definition) is 5. The Bertz CT molecular complexity index is 909. The lowest BCUT2D eigenvalue weighted by Crippen LogP contribution is -2.22. The summed E-state index contributed by atoms with van der Waals surface area (Å²) in [6.45, 7) is 6.57. The Morgan fingerprint density at radius 3 is 2.71 bits per heavy atom. The number of nitrogens with zero attached hydrogens (tertiary/aromatic N) is 4. The van der Waals surface area contributed by atoms with E-state index in [1.54, 1.807) is 30.3 Å². The van der Waals surface area contributed by atoms with E-state index in [2.05, 4.69) is 15.4 Å². The first kappa shape index (κ1) is 16.4. The molecule has 0 aliphatic rings. The van der Waals surface area contributed by atoms with Gasteiger partial charge in [0.15, 0.2) is 0 Å². The number of amides is 1. The predicted octanol–water partition coefficient (Wildman–Crippen LogP) is 3.03. The van der Waals surface area contributed by atoms with E-state index in [1.165, 1.54) is 0 Å². The average molecular weight is 343 g/mol. The minimum Gasteiger partial charge on any atom is -0.379 e. The molecule has 1 N–H and O–H groups in total. The standard InChI is InChI=1S/C17H21N5OS/c1-10-8-13(6-7-14(10)16(23)21(4)5)18-9-15-11(2)19-17-22(15)20-12(3)24-17/h6-8,18H,9H2,1-5H3. The SMILES string of the molecule is Cc1nn2c(CNc3ccc(C(=O)N(C)C)c(C)c3)c(C)nc2s1. The number of aryl methyl sites for hydroxylation is 3. The molecule has 0 unspecified atom stereocenters. The largest absolute Gasteiger partial charge is 0.379 e. The normalized spacial score (nSPS) is 11.0. The van der Waals surface area contributed by atoms with Gasteiger partial charge in [0.25, 0.3) is 5.91 Å². The summed E-state index contributed by atoms with van der Waals surface area (Å²) in [6.07, 6.45) is 0. The van der Waals surface area contributed by atoms with Gasteiger partial charge < -0.3 is 10.2 Å². The van der Waals surface area contributed by atoms with Crippen LogP contribution in [0.3, 0.4) is 0 Å². The number of rotatable bonds is 4. The Morgan fingerprint density at radius 1 is 1.29 bits per heavy atom. The van der Waals surface area contributed by atoms with Crippen LogP contribution in [0.25, 0.3) is 4.96 Å². The van der Waals surface area contributed by atoms with E-state index in [4.69, 9.17) is 0 Å². The van der Waals surface area contributed by atoms with Crippen LogP contribution >= 0.6 is 11.3 Å². The molecule has 0 spiro atoms. The molecule has 0 aliphatic heterocycles. The lowest BCUT2D eigenvalue weighted by Gasteiger charge is -2.14. The van der Waals surface area contributed by atoms with Crippen molar-refractivity contribution in [2.45, 2.75) is 27.3 Å². The maximum Gasteiger partial charge on any atom is 0.253 e. The van der Waals surface area contributed by atoms with Crippen LogP contribution in [0.4, 0.5) is 5.69 Å². The molecule has 1 aromatic carbocycles. The van der Waals surface area contributed by atoms with Crippen LogP contribution in [0.15, 0.2) is 18.2 Å². The number of benzene rings is 1. The summed E-state index contributed by atoms with van der Waals surface area (Å²) in [5.74, 6) is 0.0188. The molecule has 0 bridgehead atoms. The Kier molecular flexibility index (Phi) is 4.28. The van der Waals surface area contributed by atoms with Gasteiger partial charge in [-0.3, -0.25) is 4.79 Å². The molecule has 0 saturated heterocycles. The van der Waals surface area contributed by atoms with Crippen molar-refractivity contribution in [2.24, 2.45) is 0 Å². The molecule has 3 rings (SSSR count). The van der Waals surface area contributed by atoms with Crippen molar-refractivity contribution in [3.8, 4) is 0 Å². The number of imidazole rings is 1. The first-order valence-electron chi connectivity index (χ1n) is 7.74. The van der Waals surface area contributed by atoms with Crippen molar-refractivity contribution >= 4 is 27.9 Å². The van der Waals surface area contributed by atoms with Gasteiger partial charge in [-0.1, -0.05) is 11.3 Å². The molecule has 0 saturated carbocycles. The van der Waals surface area contributed by atoms with E-state index in [9.17, 15) is 4.79 Å². The zero-order valence-electron chi connectivity index (χ0n) is 14.5. The fraction of sp³-hybridized carbons (Fsp3) is 0.353. The highest BCUT2D eigenvalue weighted by Crippen LogP contribution is 2.20. The minimum atomic E-state index is 0.0188. The second-order valence-electron chi connectivity index (χ2n) is 6.04. The molecule has 126 valence electrons. The van der Waals surface area contributed by atoms with Gasteiger partial charge in [0, 0.05) is 25.3 Å². The third kappa shape index (κ3) is 2.99. The Morgan fingerprint density at radius 2 is 2.04 bits per heavy atom. The van der Waals surface area contributed by atoms with Crippen molar-refractivity contribution < 1.29 is 4.79 Å². The van der Waals surface area contributed by atoms with E-state index < -0.39 is 0 Å². The summed E-state index contributed by atoms with van der Waals surface area (Å²) in [7, 11) is 3.52. The van der Waals surface area contributed by atoms with E-state index >= 15 is 0 Å². The smallest absolute Gasteiger partial charge is 0.253 e. The van der Waals surface area contributed by atoms with Gasteiger partial charge in [0.05, 0.1) is 17.9 Å². The number of anilines is 1. The number of carbonyl (C=O) groups excluding carboxylic acids is 1. The zero-order valence-corrected chi connectivity index (χ0v) is 15.4. The van der Waals surface area contributed by atoms with Crippen molar-refractivity contribution in [3.05, 3.63) is 45.7 Å². The molecule has 0 fully saturated rings. The number of carbonyl (C=O) groups is 1. The first-order chi connectivity index (χ1) is 11.4. The maximum atomic E-state index is 12.1. The van der Waals surface area contributed by atoms with Crippen LogP contribution in [0.1, 0.15) is 32.3 Å². The number of hydrogen-bond donors (Lipinski definition) is 1. The average Bonchev–Trinajstić information content (AvgIpc) is 2.99. The van der Waals surface area contributed by atoms with E-state index in [1.807, 2.05) is 43.5 Å². The highest BCUT2D eigenvalue weighted by atomic mass is 32.1. The maximum absolute atomic E-state index is 12.1. The topological polar surface area (TPSA) is 62.5 Å². The predicted molar refractivity (Wildman–Crippen MR) is 96.9 cm³/mol. The molecule has 2 aromatic heterocycles. The molecule has 0 atom stereocenters. The monoisotopic (exact) mass is 343 g/mol. The van der Waals surface area contributed by atoms with Crippen molar-refractivity contribution in [1.82, 2.24) is 19.5 Å². The van der Waals surface area contributed by atoms with E-state index in [0.29, 0.717) is 6.54 Å². The first-order valence-corrected chi connectivity index (χ1v) is 8.56. The third-order valence-corrected chi connectivity index (χ3v) is 4.74. The summed E-state index contributed by atoms with van der Waals surface area (Å²) in [5, 5.41) is 8.91. The summed E-state index contributed by atoms with van der Waals surface area (Å²) in [6, 6.07) is 5.80. The van der Waals surface area contributed by atoms with Gasteiger partial charge in [-0.15, -0.1) is 0 Å². The molecule has 2 heterocycles. The zero-order chi connectivity index (χ0) is 17.4. The molecular formula is C17H21N5OS. The van der Waals surface area contributed by atoms with Gasteiger partial charge in [-0.2, -0.15) is 5.10 Å². The van der Waals surface area contributed by atoms with Gasteiger partial charge in [0.1, 0.15) is 5.01 Å². The quantitative estimate of drug-likeness (QED) is 0.791. The Labute approximate surface area is 145 Å². The lowest BCUT2D eigenvalue weighted by atomic mass is 10.1. The molecule has 7 heteroatoms. The van der Waals surface area contributed by atoms with E-state index in [-0.39, 0.29) is 5.91 Å². The van der Waals surface area contributed by atoms with Gasteiger partial charge >= 0.3 is 0 Å². The van der Waals surface area contributed by atoms with Crippen LogP contribution in [-0.2, 0) is 6.54 Å². The van der Waals surface area contributed by atoms with Crippen molar-refractivity contribution in [1.29, 1.82) is 0 Å². The van der Waals surface area contributed by atoms with Gasteiger partial charge in [0.2, 0.25) is 4.96 Å². The van der Waals surface area contributed by atoms with Crippen molar-refractivity contribution in [3.63, 3.8) is 0 Å². The highest BCUT2D eigenvalue weighted by molar-refractivity contribution is 7.16. The summed E-state index contributed by atoms with van der Waals surface area (Å²) in [4.78, 5) is 19.2. The van der Waals surface area contributed by atoms with Gasteiger partial charge in [-0.25, -0.2) is 9.50 Å². The molecular weight excluding hydrogens is 322 g/mol. The molecule has 3 aromatic rings. The van der Waals surface area contributed by atoms with Crippen LogP contribution in [-0.4, -0.2) is 39.5 Å². The summed E-state index contributed by atoms with van der Waals surface area (Å²) in [5.41, 5.74) is 4.70. The highest BCUT2D eigenvalue weighted by Gasteiger charge is 2.14. The lowest BCUT2D eigenvalue weighted by molar-refractivity contribution is 0.0827. The van der Waals surface area contributed by atoms with Crippen LogP contribution < -0.4 is 5.32 Å². The van der Waals surface area contributed by atoms with Crippen LogP contribution in [0.5, 0.6) is 0 Å². The second kappa shape index (κ2) is 6.24. The van der Waals surface area contributed by atoms with Crippen LogP contribution in [0, 0.1) is 20.8 Å². The number of nitrogens with one attached hydrogen (secondary N) is 1. The third-order valence-electron chi connectivity index (χ3n) is 3.92. The summed E-state index contributed by atoms with van der Waals surface area (Å²) >= 11 is 1.59. The van der Waals surface area contributed by atoms with E-state index in [0.717, 1.165) is 38.2 Å². The Balaban J connectivity index is 1.80. The van der Waals surface area contributed by atoms with Crippen molar-refractivity contribution in [2.75, 3.05) is 19.4 Å². The minimum absolute atomic E-state index is 0.0188. The molecule has 0 aliphatic carbocycles. The fourth-order valence-electron chi connectivity index (χ4n) is 2.63. The van der Waals surface area contributed by atoms with Crippen LogP contribution in [0.2, 0.25) is 0 Å². The summed E-state index contributed by atoms with van der Waals surface area (Å²) < 4.78 is 1.90. The molecule has 6 nitrogen and oxygen atoms in total. The number of aromatic nitrogens is 3. The molecule has 24 heavy (non-hydrogen) atoms. The Hall–Kier alpha value is -2.41. The molecule has 1 amide bonds. The molecule has 0 radical (unpaired) electrons. The van der Waals surface area contributed by atoms with Gasteiger partial charge in [-0.05, 0) is 44.5 Å².